The zero-order valence-corrected chi connectivity index (χ0v) is 36.8. The average Bonchev–Trinajstić information content (AvgIpc) is 3.15. The molecule has 0 aromatic carbocycles. The van der Waals surface area contributed by atoms with Crippen molar-refractivity contribution in [1.29, 1.82) is 0 Å². The minimum absolute atomic E-state index is 0.534. The first kappa shape index (κ1) is 51.7. The molecule has 0 aromatic heterocycles. The smallest absolute Gasteiger partial charge is 0.132 e. The first-order chi connectivity index (χ1) is 25.8. The molecule has 0 rings (SSSR count). The molecule has 0 bridgehead atoms. The van der Waals surface area contributed by atoms with Crippen molar-refractivity contribution in [3.05, 3.63) is 0 Å². The molecule has 0 fully saturated rings. The van der Waals surface area contributed by atoms with Crippen LogP contribution in [0, 0.1) is 0 Å². The lowest BCUT2D eigenvalue weighted by Crippen LogP contribution is -1.97. The zero-order valence-electron chi connectivity index (χ0n) is 36.8. The Hall–Kier alpha value is -0.330. The lowest BCUT2D eigenvalue weighted by molar-refractivity contribution is -0.119. The molecule has 0 radical (unpaired) electrons. The van der Waals surface area contributed by atoms with Gasteiger partial charge in [-0.05, 0) is 12.8 Å². The highest BCUT2D eigenvalue weighted by atomic mass is 16.1. The Balaban J connectivity index is 3.14. The van der Waals surface area contributed by atoms with Gasteiger partial charge in [0.15, 0.2) is 0 Å². The highest BCUT2D eigenvalue weighted by molar-refractivity contribution is 5.78. The molecule has 0 saturated heterocycles. The van der Waals surface area contributed by atoms with Crippen LogP contribution in [0.5, 0.6) is 0 Å². The van der Waals surface area contributed by atoms with E-state index in [0.29, 0.717) is 5.78 Å². The zero-order chi connectivity index (χ0) is 37.5. The van der Waals surface area contributed by atoms with E-state index in [9.17, 15) is 4.79 Å². The molecule has 0 atom stereocenters. The summed E-state index contributed by atoms with van der Waals surface area (Å²) in [5, 5.41) is 0. The van der Waals surface area contributed by atoms with Crippen LogP contribution in [-0.2, 0) is 4.79 Å². The van der Waals surface area contributed by atoms with Crippen molar-refractivity contribution in [2.45, 2.75) is 322 Å². The van der Waals surface area contributed by atoms with Crippen molar-refractivity contribution >= 4 is 5.78 Å². The van der Waals surface area contributed by atoms with E-state index in [2.05, 4.69) is 13.8 Å². The maximum absolute atomic E-state index is 12.3. The average molecular weight is 731 g/mol. The van der Waals surface area contributed by atoms with Gasteiger partial charge in [0.2, 0.25) is 0 Å². The molecule has 0 spiro atoms. The minimum atomic E-state index is 0.534. The van der Waals surface area contributed by atoms with Gasteiger partial charge in [0.05, 0.1) is 0 Å². The van der Waals surface area contributed by atoms with Crippen LogP contribution in [0.3, 0.4) is 0 Å². The topological polar surface area (TPSA) is 17.1 Å². The number of unbranched alkanes of at least 4 members (excludes halogenated alkanes) is 44. The van der Waals surface area contributed by atoms with Crippen molar-refractivity contribution in [3.8, 4) is 0 Å². The van der Waals surface area contributed by atoms with Crippen molar-refractivity contribution in [2.24, 2.45) is 0 Å². The number of rotatable bonds is 48. The Morgan fingerprint density at radius 3 is 0.442 bits per heavy atom. The number of ketones is 1. The molecule has 0 aliphatic rings. The predicted molar refractivity (Wildman–Crippen MR) is 238 cm³/mol. The Kier molecular flexibility index (Phi) is 48.4. The first-order valence-corrected chi connectivity index (χ1v) is 25.3. The molecule has 0 aromatic rings. The summed E-state index contributed by atoms with van der Waals surface area (Å²) in [6, 6.07) is 0. The number of carbonyl (C=O) groups is 1. The van der Waals surface area contributed by atoms with Gasteiger partial charge in [-0.3, -0.25) is 4.79 Å². The number of hydrogen-bond acceptors (Lipinski definition) is 1. The fraction of sp³-hybridized carbons (Fsp3) is 0.980. The van der Waals surface area contributed by atoms with Gasteiger partial charge in [0.1, 0.15) is 5.78 Å². The summed E-state index contributed by atoms with van der Waals surface area (Å²) in [5.74, 6) is 0.534. The number of hydrogen-bond donors (Lipinski definition) is 0. The molecule has 1 heteroatoms. The van der Waals surface area contributed by atoms with Gasteiger partial charge < -0.3 is 0 Å². The summed E-state index contributed by atoms with van der Waals surface area (Å²) < 4.78 is 0. The largest absolute Gasteiger partial charge is 0.300 e. The lowest BCUT2D eigenvalue weighted by Gasteiger charge is -2.05. The van der Waals surface area contributed by atoms with E-state index in [1.165, 1.54) is 283 Å². The second kappa shape index (κ2) is 48.7. The van der Waals surface area contributed by atoms with Crippen LogP contribution in [0.25, 0.3) is 0 Å². The van der Waals surface area contributed by atoms with Gasteiger partial charge in [-0.15, -0.1) is 0 Å². The summed E-state index contributed by atoms with van der Waals surface area (Å²) in [7, 11) is 0. The molecule has 0 N–H and O–H groups in total. The highest BCUT2D eigenvalue weighted by Crippen LogP contribution is 2.18. The van der Waals surface area contributed by atoms with Gasteiger partial charge in [0.25, 0.3) is 0 Å². The molecule has 0 amide bonds. The normalized spacial score (nSPS) is 11.6. The Labute approximate surface area is 331 Å². The van der Waals surface area contributed by atoms with Crippen LogP contribution in [-0.4, -0.2) is 5.78 Å². The highest BCUT2D eigenvalue weighted by Gasteiger charge is 2.03. The van der Waals surface area contributed by atoms with Crippen molar-refractivity contribution < 1.29 is 4.79 Å². The fourth-order valence-electron chi connectivity index (χ4n) is 8.34. The van der Waals surface area contributed by atoms with E-state index in [1.54, 1.807) is 0 Å². The van der Waals surface area contributed by atoms with E-state index in [4.69, 9.17) is 0 Å². The third-order valence-electron chi connectivity index (χ3n) is 12.1. The Morgan fingerprint density at radius 2 is 0.308 bits per heavy atom. The summed E-state index contributed by atoms with van der Waals surface area (Å²) in [6.07, 6.45) is 67.2. The van der Waals surface area contributed by atoms with E-state index < -0.39 is 0 Å². The standard InChI is InChI=1S/C51H102O/c1-3-5-7-9-11-13-15-17-19-21-23-25-27-29-31-33-35-37-39-41-43-45-47-49-51(52)50-48-46-44-42-40-38-36-34-32-30-28-26-24-22-20-18-16-14-12-10-8-6-4-2/h3-50H2,1-2H3. The maximum Gasteiger partial charge on any atom is 0.132 e. The van der Waals surface area contributed by atoms with E-state index >= 15 is 0 Å². The number of Topliss-reactive ketones (excluding diaryl/α,β-unsaturated/α-hetero) is 1. The molecule has 0 unspecified atom stereocenters. The maximum atomic E-state index is 12.3. The van der Waals surface area contributed by atoms with Crippen molar-refractivity contribution in [2.75, 3.05) is 0 Å². The summed E-state index contributed by atoms with van der Waals surface area (Å²) >= 11 is 0. The first-order valence-electron chi connectivity index (χ1n) is 25.3. The molecular weight excluding hydrogens is 629 g/mol. The molecule has 0 aliphatic heterocycles. The molecule has 0 saturated carbocycles. The van der Waals surface area contributed by atoms with Gasteiger partial charge in [0, 0.05) is 12.8 Å². The van der Waals surface area contributed by atoms with Gasteiger partial charge >= 0.3 is 0 Å². The fourth-order valence-corrected chi connectivity index (χ4v) is 8.34. The third-order valence-corrected chi connectivity index (χ3v) is 12.1. The van der Waals surface area contributed by atoms with Crippen LogP contribution in [0.1, 0.15) is 322 Å². The second-order valence-electron chi connectivity index (χ2n) is 17.6. The van der Waals surface area contributed by atoms with E-state index in [1.807, 2.05) is 0 Å². The van der Waals surface area contributed by atoms with Crippen molar-refractivity contribution in [1.82, 2.24) is 0 Å². The van der Waals surface area contributed by atoms with Crippen molar-refractivity contribution in [3.63, 3.8) is 0 Å². The quantitative estimate of drug-likeness (QED) is 0.0570. The molecule has 1 nitrogen and oxygen atoms in total. The monoisotopic (exact) mass is 731 g/mol. The van der Waals surface area contributed by atoms with Gasteiger partial charge in [-0.1, -0.05) is 296 Å². The van der Waals surface area contributed by atoms with E-state index in [0.717, 1.165) is 25.7 Å². The van der Waals surface area contributed by atoms with E-state index in [-0.39, 0.29) is 0 Å². The molecule has 0 aliphatic carbocycles. The minimum Gasteiger partial charge on any atom is -0.300 e. The SMILES string of the molecule is CCCCCCCCCCCCCCCCCCCCCCCCCC(=O)CCCCCCCCCCCCCCCCCCCCCCCCC. The summed E-state index contributed by atoms with van der Waals surface area (Å²) in [6.45, 7) is 4.61. The number of carbonyl (C=O) groups excluding carboxylic acids is 1. The van der Waals surface area contributed by atoms with Gasteiger partial charge in [-0.25, -0.2) is 0 Å². The van der Waals surface area contributed by atoms with Crippen LogP contribution < -0.4 is 0 Å². The second-order valence-corrected chi connectivity index (χ2v) is 17.6. The lowest BCUT2D eigenvalue weighted by atomic mass is 10.0. The van der Waals surface area contributed by atoms with Crippen LogP contribution in [0.15, 0.2) is 0 Å². The predicted octanol–water partition coefficient (Wildman–Crippen LogP) is 19.3. The molecule has 312 valence electrons. The summed E-state index contributed by atoms with van der Waals surface area (Å²) in [4.78, 5) is 12.3. The Bertz CT molecular complexity index is 573. The van der Waals surface area contributed by atoms with Crippen LogP contribution >= 0.6 is 0 Å². The summed E-state index contributed by atoms with van der Waals surface area (Å²) in [5.41, 5.74) is 0. The molecular formula is C51H102O. The van der Waals surface area contributed by atoms with Crippen LogP contribution in [0.2, 0.25) is 0 Å². The molecule has 52 heavy (non-hydrogen) atoms. The van der Waals surface area contributed by atoms with Gasteiger partial charge in [-0.2, -0.15) is 0 Å². The molecule has 0 heterocycles. The third kappa shape index (κ3) is 47.7. The Morgan fingerprint density at radius 1 is 0.192 bits per heavy atom. The van der Waals surface area contributed by atoms with Crippen LogP contribution in [0.4, 0.5) is 0 Å².